The largest absolute Gasteiger partial charge is 0.295 e. The van der Waals surface area contributed by atoms with Crippen molar-refractivity contribution in [1.82, 2.24) is 9.99 Å². The number of hydrazine groups is 1. The number of aromatic nitrogens is 1. The van der Waals surface area contributed by atoms with Crippen molar-refractivity contribution in [1.29, 1.82) is 0 Å². The Hall–Kier alpha value is -2.02. The molecule has 4 nitrogen and oxygen atoms in total. The first-order valence-electron chi connectivity index (χ1n) is 10.6. The molecule has 32 heavy (non-hydrogen) atoms. The number of hydrogen-bond donors (Lipinski definition) is 2. The summed E-state index contributed by atoms with van der Waals surface area (Å²) < 4.78 is 13.8. The van der Waals surface area contributed by atoms with Gasteiger partial charge in [0.05, 0.1) is 26.6 Å². The Labute approximate surface area is 202 Å². The maximum atomic E-state index is 13.8. The minimum absolute atomic E-state index is 0.222. The summed E-state index contributed by atoms with van der Waals surface area (Å²) in [5, 5.41) is 2.95. The van der Waals surface area contributed by atoms with Crippen LogP contribution >= 0.6 is 35.8 Å². The van der Waals surface area contributed by atoms with Crippen LogP contribution in [0, 0.1) is 18.7 Å². The number of benzene rings is 2. The average molecular weight is 492 g/mol. The summed E-state index contributed by atoms with van der Waals surface area (Å²) in [4.78, 5) is 16.2. The molecule has 1 N–H and O–H groups in total. The van der Waals surface area contributed by atoms with Crippen LogP contribution in [0.2, 0.25) is 10.0 Å². The standard InChI is InChI=1S/C24H24Cl2FN3OS/c1-14-10-20(25)21(26)12-23(14)29-30(13-31)24(32)16-4-2-15(3-5-16)18-8-9-28-22-7-6-17(27)11-19(18)22/h6-13,15-16,24,29,32H,2-5H2,1H3. The summed E-state index contributed by atoms with van der Waals surface area (Å²) in [5.74, 6) is 0.301. The Morgan fingerprint density at radius 3 is 2.59 bits per heavy atom. The van der Waals surface area contributed by atoms with Gasteiger partial charge in [-0.3, -0.25) is 15.2 Å². The van der Waals surface area contributed by atoms with Gasteiger partial charge in [-0.2, -0.15) is 12.6 Å². The second kappa shape index (κ2) is 9.86. The van der Waals surface area contributed by atoms with Crippen LogP contribution in [-0.4, -0.2) is 21.8 Å². The van der Waals surface area contributed by atoms with Gasteiger partial charge < -0.3 is 0 Å². The van der Waals surface area contributed by atoms with Gasteiger partial charge in [-0.15, -0.1) is 0 Å². The van der Waals surface area contributed by atoms with Gasteiger partial charge in [0, 0.05) is 11.6 Å². The molecule has 8 heteroatoms. The molecule has 4 rings (SSSR count). The molecule has 0 bridgehead atoms. The van der Waals surface area contributed by atoms with Crippen molar-refractivity contribution in [3.05, 3.63) is 69.6 Å². The lowest BCUT2D eigenvalue weighted by Gasteiger charge is -2.37. The molecule has 1 aliphatic rings. The van der Waals surface area contributed by atoms with E-state index in [0.29, 0.717) is 21.7 Å². The summed E-state index contributed by atoms with van der Waals surface area (Å²) in [6.45, 7) is 1.90. The SMILES string of the molecule is Cc1cc(Cl)c(Cl)cc1NN(C=O)C(S)C1CCC(c2ccnc3ccc(F)cc23)CC1. The highest BCUT2D eigenvalue weighted by atomic mass is 35.5. The van der Waals surface area contributed by atoms with Crippen molar-refractivity contribution in [2.75, 3.05) is 5.43 Å². The quantitative estimate of drug-likeness (QED) is 0.169. The lowest BCUT2D eigenvalue weighted by Crippen LogP contribution is -2.41. The van der Waals surface area contributed by atoms with Crippen LogP contribution in [-0.2, 0) is 4.79 Å². The third-order valence-electron chi connectivity index (χ3n) is 6.29. The van der Waals surface area contributed by atoms with E-state index < -0.39 is 0 Å². The summed E-state index contributed by atoms with van der Waals surface area (Å²) in [5.41, 5.74) is 6.68. The Balaban J connectivity index is 1.45. The fourth-order valence-corrected chi connectivity index (χ4v) is 5.30. The van der Waals surface area contributed by atoms with E-state index in [2.05, 4.69) is 10.4 Å². The van der Waals surface area contributed by atoms with E-state index >= 15 is 0 Å². The van der Waals surface area contributed by atoms with E-state index in [9.17, 15) is 9.18 Å². The number of anilines is 1. The Kier molecular flexibility index (Phi) is 7.13. The number of pyridine rings is 1. The number of hydrogen-bond acceptors (Lipinski definition) is 4. The summed E-state index contributed by atoms with van der Waals surface area (Å²) >= 11 is 17.0. The van der Waals surface area contributed by atoms with Crippen LogP contribution in [0.1, 0.15) is 42.7 Å². The molecule has 1 atom stereocenters. The zero-order valence-electron chi connectivity index (χ0n) is 17.6. The molecule has 1 saturated carbocycles. The number of nitrogens with one attached hydrogen (secondary N) is 1. The van der Waals surface area contributed by atoms with Gasteiger partial charge in [0.1, 0.15) is 5.82 Å². The first kappa shape index (κ1) is 23.1. The molecule has 1 aliphatic carbocycles. The van der Waals surface area contributed by atoms with Crippen LogP contribution < -0.4 is 5.43 Å². The van der Waals surface area contributed by atoms with Gasteiger partial charge in [-0.1, -0.05) is 23.2 Å². The van der Waals surface area contributed by atoms with Crippen molar-refractivity contribution in [3.8, 4) is 0 Å². The van der Waals surface area contributed by atoms with E-state index in [1.807, 2.05) is 13.0 Å². The topological polar surface area (TPSA) is 45.2 Å². The minimum Gasteiger partial charge on any atom is -0.295 e. The van der Waals surface area contributed by atoms with Gasteiger partial charge >= 0.3 is 0 Å². The number of aryl methyl sites for hydroxylation is 1. The predicted octanol–water partition coefficient (Wildman–Crippen LogP) is 7.00. The molecule has 1 fully saturated rings. The van der Waals surface area contributed by atoms with E-state index in [-0.39, 0.29) is 17.1 Å². The smallest absolute Gasteiger partial charge is 0.229 e. The third kappa shape index (κ3) is 4.82. The maximum absolute atomic E-state index is 13.8. The summed E-state index contributed by atoms with van der Waals surface area (Å²) in [6.07, 6.45) is 6.24. The number of fused-ring (bicyclic) bond motifs is 1. The van der Waals surface area contributed by atoms with Crippen molar-refractivity contribution in [3.63, 3.8) is 0 Å². The first-order valence-corrected chi connectivity index (χ1v) is 11.8. The Morgan fingerprint density at radius 1 is 1.16 bits per heavy atom. The van der Waals surface area contributed by atoms with Crippen LogP contribution in [0.4, 0.5) is 10.1 Å². The van der Waals surface area contributed by atoms with E-state index in [1.165, 1.54) is 11.1 Å². The van der Waals surface area contributed by atoms with Crippen LogP contribution in [0.3, 0.4) is 0 Å². The molecule has 1 heterocycles. The van der Waals surface area contributed by atoms with Gasteiger partial charge in [-0.05, 0) is 92.0 Å². The molecule has 1 aromatic heterocycles. The molecule has 0 saturated heterocycles. The summed E-state index contributed by atoms with van der Waals surface area (Å²) in [6, 6.07) is 10.2. The highest BCUT2D eigenvalue weighted by Crippen LogP contribution is 2.41. The average Bonchev–Trinajstić information content (AvgIpc) is 2.80. The second-order valence-electron chi connectivity index (χ2n) is 8.29. The minimum atomic E-state index is -0.297. The molecule has 2 aromatic carbocycles. The number of thiol groups is 1. The zero-order valence-corrected chi connectivity index (χ0v) is 20.0. The van der Waals surface area contributed by atoms with Crippen molar-refractivity contribution >= 4 is 58.8 Å². The lowest BCUT2D eigenvalue weighted by molar-refractivity contribution is -0.118. The van der Waals surface area contributed by atoms with Gasteiger partial charge in [0.2, 0.25) is 6.41 Å². The van der Waals surface area contributed by atoms with Crippen LogP contribution in [0.25, 0.3) is 10.9 Å². The molecular formula is C24H24Cl2FN3OS. The number of carbonyl (C=O) groups excluding carboxylic acids is 1. The monoisotopic (exact) mass is 491 g/mol. The maximum Gasteiger partial charge on any atom is 0.229 e. The van der Waals surface area contributed by atoms with Crippen molar-refractivity contribution in [2.24, 2.45) is 5.92 Å². The normalized spacial score (nSPS) is 19.5. The number of rotatable bonds is 6. The fraction of sp³-hybridized carbons (Fsp3) is 0.333. The summed E-state index contributed by atoms with van der Waals surface area (Å²) in [7, 11) is 0. The van der Waals surface area contributed by atoms with Gasteiger partial charge in [0.15, 0.2) is 0 Å². The molecule has 0 radical (unpaired) electrons. The molecule has 0 spiro atoms. The lowest BCUT2D eigenvalue weighted by atomic mass is 9.77. The predicted molar refractivity (Wildman–Crippen MR) is 132 cm³/mol. The number of halogens is 3. The van der Waals surface area contributed by atoms with Gasteiger partial charge in [-0.25, -0.2) is 9.40 Å². The molecule has 0 aliphatic heterocycles. The zero-order chi connectivity index (χ0) is 22.8. The number of amides is 1. The van der Waals surface area contributed by atoms with Crippen molar-refractivity contribution in [2.45, 2.75) is 43.9 Å². The molecule has 3 aromatic rings. The van der Waals surface area contributed by atoms with Gasteiger partial charge in [0.25, 0.3) is 0 Å². The molecule has 1 amide bonds. The highest BCUT2D eigenvalue weighted by Gasteiger charge is 2.30. The van der Waals surface area contributed by atoms with Crippen LogP contribution in [0.15, 0.2) is 42.6 Å². The fourth-order valence-electron chi connectivity index (χ4n) is 4.51. The Morgan fingerprint density at radius 2 is 1.88 bits per heavy atom. The molecule has 1 unspecified atom stereocenters. The van der Waals surface area contributed by atoms with E-state index in [4.69, 9.17) is 35.8 Å². The first-order chi connectivity index (χ1) is 15.4. The number of carbonyl (C=O) groups is 1. The van der Waals surface area contributed by atoms with E-state index in [1.54, 1.807) is 30.5 Å². The van der Waals surface area contributed by atoms with Crippen molar-refractivity contribution < 1.29 is 9.18 Å². The molecular weight excluding hydrogens is 468 g/mol. The second-order valence-corrected chi connectivity index (χ2v) is 9.64. The third-order valence-corrected chi connectivity index (χ3v) is 7.68. The highest BCUT2D eigenvalue weighted by molar-refractivity contribution is 7.80. The van der Waals surface area contributed by atoms with Crippen LogP contribution in [0.5, 0.6) is 0 Å². The Bertz CT molecular complexity index is 1140. The number of nitrogens with zero attached hydrogens (tertiary/aromatic N) is 2. The molecule has 168 valence electrons. The van der Waals surface area contributed by atoms with E-state index in [0.717, 1.165) is 54.1 Å².